The summed E-state index contributed by atoms with van der Waals surface area (Å²) in [6, 6.07) is 4.49. The highest BCUT2D eigenvalue weighted by Crippen LogP contribution is 2.11. The van der Waals surface area contributed by atoms with E-state index >= 15 is 0 Å². The number of unbranched alkanes of at least 4 members (excludes halogenated alkanes) is 1. The van der Waals surface area contributed by atoms with Crippen LogP contribution in [-0.2, 0) is 0 Å². The molecular formula is C14H25N3O. The second kappa shape index (κ2) is 7.93. The van der Waals surface area contributed by atoms with Crippen molar-refractivity contribution in [2.75, 3.05) is 32.6 Å². The zero-order chi connectivity index (χ0) is 13.4. The van der Waals surface area contributed by atoms with Crippen LogP contribution in [-0.4, -0.2) is 43.2 Å². The van der Waals surface area contributed by atoms with E-state index in [0.717, 1.165) is 31.1 Å². The first-order chi connectivity index (χ1) is 8.63. The molecule has 18 heavy (non-hydrogen) atoms. The molecule has 4 heteroatoms. The molecule has 0 aromatic carbocycles. The Kier molecular flexibility index (Phi) is 6.50. The molecule has 0 atom stereocenters. The topological polar surface area (TPSA) is 37.4 Å². The standard InChI is InChI=1S/C14H25N3O/c1-12(2)17(3)10-6-5-9-15-14-8-7-13(18-4)11-16-14/h7-8,11-12H,5-6,9-10H2,1-4H3,(H,15,16). The van der Waals surface area contributed by atoms with Crippen LogP contribution < -0.4 is 10.1 Å². The van der Waals surface area contributed by atoms with Crippen LogP contribution in [0.2, 0.25) is 0 Å². The summed E-state index contributed by atoms with van der Waals surface area (Å²) >= 11 is 0. The van der Waals surface area contributed by atoms with E-state index in [2.05, 4.69) is 36.1 Å². The molecule has 102 valence electrons. The molecule has 0 aliphatic heterocycles. The lowest BCUT2D eigenvalue weighted by Gasteiger charge is -2.20. The zero-order valence-corrected chi connectivity index (χ0v) is 11.9. The summed E-state index contributed by atoms with van der Waals surface area (Å²) in [5, 5.41) is 3.31. The van der Waals surface area contributed by atoms with Crippen molar-refractivity contribution in [1.29, 1.82) is 0 Å². The fourth-order valence-electron chi connectivity index (χ4n) is 1.57. The van der Waals surface area contributed by atoms with Gasteiger partial charge in [0.2, 0.25) is 0 Å². The van der Waals surface area contributed by atoms with Crippen molar-refractivity contribution >= 4 is 5.82 Å². The van der Waals surface area contributed by atoms with E-state index in [1.54, 1.807) is 13.3 Å². The molecular weight excluding hydrogens is 226 g/mol. The molecule has 1 aromatic rings. The lowest BCUT2D eigenvalue weighted by atomic mass is 10.2. The van der Waals surface area contributed by atoms with Crippen LogP contribution in [0.5, 0.6) is 5.75 Å². The summed E-state index contributed by atoms with van der Waals surface area (Å²) in [5.74, 6) is 1.70. The van der Waals surface area contributed by atoms with Crippen molar-refractivity contribution in [3.63, 3.8) is 0 Å². The van der Waals surface area contributed by atoms with Crippen molar-refractivity contribution in [1.82, 2.24) is 9.88 Å². The molecule has 0 spiro atoms. The number of rotatable bonds is 8. The lowest BCUT2D eigenvalue weighted by molar-refractivity contribution is 0.269. The van der Waals surface area contributed by atoms with Crippen molar-refractivity contribution in [2.24, 2.45) is 0 Å². The summed E-state index contributed by atoms with van der Waals surface area (Å²) in [7, 11) is 3.82. The minimum atomic E-state index is 0.626. The van der Waals surface area contributed by atoms with Gasteiger partial charge < -0.3 is 15.0 Å². The van der Waals surface area contributed by atoms with Crippen molar-refractivity contribution in [2.45, 2.75) is 32.7 Å². The van der Waals surface area contributed by atoms with E-state index in [4.69, 9.17) is 4.74 Å². The molecule has 0 unspecified atom stereocenters. The Morgan fingerprint density at radius 1 is 1.33 bits per heavy atom. The number of pyridine rings is 1. The van der Waals surface area contributed by atoms with Gasteiger partial charge in [0.05, 0.1) is 13.3 Å². The summed E-state index contributed by atoms with van der Waals surface area (Å²) < 4.78 is 5.07. The van der Waals surface area contributed by atoms with Crippen LogP contribution in [0.3, 0.4) is 0 Å². The Hall–Kier alpha value is -1.29. The third kappa shape index (κ3) is 5.36. The van der Waals surface area contributed by atoms with Crippen LogP contribution in [0.1, 0.15) is 26.7 Å². The number of methoxy groups -OCH3 is 1. The first-order valence-corrected chi connectivity index (χ1v) is 6.57. The maximum absolute atomic E-state index is 5.07. The molecule has 1 heterocycles. The first kappa shape index (κ1) is 14.8. The van der Waals surface area contributed by atoms with Gasteiger partial charge in [-0.15, -0.1) is 0 Å². The molecule has 0 bridgehead atoms. The maximum Gasteiger partial charge on any atom is 0.137 e. The third-order valence-electron chi connectivity index (χ3n) is 3.10. The van der Waals surface area contributed by atoms with E-state index in [9.17, 15) is 0 Å². The van der Waals surface area contributed by atoms with Crippen molar-refractivity contribution in [3.8, 4) is 5.75 Å². The van der Waals surface area contributed by atoms with Crippen LogP contribution in [0.25, 0.3) is 0 Å². The summed E-state index contributed by atoms with van der Waals surface area (Å²) in [6.45, 7) is 6.56. The smallest absolute Gasteiger partial charge is 0.137 e. The summed E-state index contributed by atoms with van der Waals surface area (Å²) in [4.78, 5) is 6.63. The number of nitrogens with zero attached hydrogens (tertiary/aromatic N) is 2. The highest BCUT2D eigenvalue weighted by Gasteiger charge is 2.01. The number of hydrogen-bond donors (Lipinski definition) is 1. The van der Waals surface area contributed by atoms with E-state index in [1.165, 1.54) is 6.42 Å². The van der Waals surface area contributed by atoms with Crippen molar-refractivity contribution in [3.05, 3.63) is 18.3 Å². The minimum absolute atomic E-state index is 0.626. The molecule has 1 N–H and O–H groups in total. The van der Waals surface area contributed by atoms with Gasteiger partial charge >= 0.3 is 0 Å². The highest BCUT2D eigenvalue weighted by atomic mass is 16.5. The normalized spacial score (nSPS) is 11.0. The predicted octanol–water partition coefficient (Wildman–Crippen LogP) is 2.62. The third-order valence-corrected chi connectivity index (χ3v) is 3.10. The molecule has 0 amide bonds. The van der Waals surface area contributed by atoms with Gasteiger partial charge in [0.1, 0.15) is 11.6 Å². The van der Waals surface area contributed by atoms with Gasteiger partial charge in [-0.25, -0.2) is 4.98 Å². The Bertz CT molecular complexity index is 324. The second-order valence-electron chi connectivity index (χ2n) is 4.79. The number of ether oxygens (including phenoxy) is 1. The molecule has 1 aromatic heterocycles. The van der Waals surface area contributed by atoms with E-state index < -0.39 is 0 Å². The molecule has 0 saturated carbocycles. The molecule has 0 aliphatic carbocycles. The molecule has 0 radical (unpaired) electrons. The average molecular weight is 251 g/mol. The first-order valence-electron chi connectivity index (χ1n) is 6.57. The highest BCUT2D eigenvalue weighted by molar-refractivity contribution is 5.37. The van der Waals surface area contributed by atoms with Crippen LogP contribution in [0.4, 0.5) is 5.82 Å². The van der Waals surface area contributed by atoms with Gasteiger partial charge in [-0.1, -0.05) is 0 Å². The predicted molar refractivity (Wildman–Crippen MR) is 76.3 cm³/mol. The van der Waals surface area contributed by atoms with Gasteiger partial charge in [-0.05, 0) is 52.4 Å². The van der Waals surface area contributed by atoms with Gasteiger partial charge in [0.25, 0.3) is 0 Å². The average Bonchev–Trinajstić information content (AvgIpc) is 2.38. The molecule has 1 rings (SSSR count). The zero-order valence-electron chi connectivity index (χ0n) is 11.9. The SMILES string of the molecule is COc1ccc(NCCCCN(C)C(C)C)nc1. The van der Waals surface area contributed by atoms with Crippen LogP contribution in [0, 0.1) is 0 Å². The monoisotopic (exact) mass is 251 g/mol. The van der Waals surface area contributed by atoms with Gasteiger partial charge in [0, 0.05) is 12.6 Å². The van der Waals surface area contributed by atoms with E-state index in [1.807, 2.05) is 12.1 Å². The summed E-state index contributed by atoms with van der Waals surface area (Å²) in [6.07, 6.45) is 4.09. The Labute approximate surface area is 110 Å². The minimum Gasteiger partial charge on any atom is -0.495 e. The maximum atomic E-state index is 5.07. The lowest BCUT2D eigenvalue weighted by Crippen LogP contribution is -2.27. The second-order valence-corrected chi connectivity index (χ2v) is 4.79. The Morgan fingerprint density at radius 3 is 2.67 bits per heavy atom. The molecule has 0 saturated heterocycles. The number of nitrogens with one attached hydrogen (secondary N) is 1. The fraction of sp³-hybridized carbons (Fsp3) is 0.643. The number of anilines is 1. The molecule has 0 fully saturated rings. The van der Waals surface area contributed by atoms with Crippen LogP contribution >= 0.6 is 0 Å². The van der Waals surface area contributed by atoms with E-state index in [0.29, 0.717) is 6.04 Å². The molecule has 0 aliphatic rings. The Balaban J connectivity index is 2.14. The number of hydrogen-bond acceptors (Lipinski definition) is 4. The molecule has 4 nitrogen and oxygen atoms in total. The fourth-order valence-corrected chi connectivity index (χ4v) is 1.57. The Morgan fingerprint density at radius 2 is 2.11 bits per heavy atom. The largest absolute Gasteiger partial charge is 0.495 e. The van der Waals surface area contributed by atoms with Crippen LogP contribution in [0.15, 0.2) is 18.3 Å². The van der Waals surface area contributed by atoms with Crippen molar-refractivity contribution < 1.29 is 4.74 Å². The summed E-state index contributed by atoms with van der Waals surface area (Å²) in [5.41, 5.74) is 0. The number of aromatic nitrogens is 1. The van der Waals surface area contributed by atoms with Gasteiger partial charge in [-0.2, -0.15) is 0 Å². The van der Waals surface area contributed by atoms with Gasteiger partial charge in [-0.3, -0.25) is 0 Å². The van der Waals surface area contributed by atoms with E-state index in [-0.39, 0.29) is 0 Å². The quantitative estimate of drug-likeness (QED) is 0.721. The van der Waals surface area contributed by atoms with Gasteiger partial charge in [0.15, 0.2) is 0 Å².